The van der Waals surface area contributed by atoms with Gasteiger partial charge in [0.1, 0.15) is 36.4 Å². The van der Waals surface area contributed by atoms with E-state index in [9.17, 15) is 10.1 Å². The molecule has 1 N–H and O–H groups in total. The van der Waals surface area contributed by atoms with Crippen molar-refractivity contribution in [3.63, 3.8) is 0 Å². The summed E-state index contributed by atoms with van der Waals surface area (Å²) in [6, 6.07) is 24.0. The molecule has 0 radical (unpaired) electrons. The van der Waals surface area contributed by atoms with Gasteiger partial charge in [0.25, 0.3) is 5.91 Å². The highest BCUT2D eigenvalue weighted by atomic mass is 79.9. The Hall–Kier alpha value is -4.00. The maximum Gasteiger partial charge on any atom is 0.266 e. The molecule has 0 saturated carbocycles. The molecule has 0 bridgehead atoms. The van der Waals surface area contributed by atoms with E-state index >= 15 is 0 Å². The molecule has 0 aliphatic heterocycles. The Morgan fingerprint density at radius 3 is 2.50 bits per heavy atom. The standard InChI is InChI=1S/C26H19BrN2O3/c1-2-14-31-25-13-8-22(27)16-20(25)15-21(17-28)26(30)29-23-9-11-24(12-10-23)32-18-19-6-4-3-5-7-19/h1,3-13,15-16H,14,18H2,(H,29,30)/b21-15+. The zero-order chi connectivity index (χ0) is 22.8. The van der Waals surface area contributed by atoms with Crippen molar-refractivity contribution in [2.75, 3.05) is 11.9 Å². The average molecular weight is 487 g/mol. The smallest absolute Gasteiger partial charge is 0.266 e. The maximum atomic E-state index is 12.6. The molecule has 0 aliphatic rings. The third-order valence-corrected chi connectivity index (χ3v) is 4.80. The van der Waals surface area contributed by atoms with Gasteiger partial charge in [0, 0.05) is 15.7 Å². The lowest BCUT2D eigenvalue weighted by atomic mass is 10.1. The van der Waals surface area contributed by atoms with Gasteiger partial charge >= 0.3 is 0 Å². The molecular weight excluding hydrogens is 468 g/mol. The van der Waals surface area contributed by atoms with Crippen LogP contribution in [0.3, 0.4) is 0 Å². The van der Waals surface area contributed by atoms with Gasteiger partial charge in [0.05, 0.1) is 0 Å². The SMILES string of the molecule is C#CCOc1ccc(Br)cc1/C=C(\C#N)C(=O)Nc1ccc(OCc2ccccc2)cc1. The summed E-state index contributed by atoms with van der Waals surface area (Å²) >= 11 is 3.38. The number of nitrogens with zero attached hydrogens (tertiary/aromatic N) is 1. The van der Waals surface area contributed by atoms with Crippen molar-refractivity contribution in [2.24, 2.45) is 0 Å². The molecule has 3 aromatic carbocycles. The van der Waals surface area contributed by atoms with E-state index in [0.717, 1.165) is 10.0 Å². The highest BCUT2D eigenvalue weighted by Gasteiger charge is 2.12. The largest absolute Gasteiger partial charge is 0.489 e. The number of benzene rings is 3. The number of hydrogen-bond acceptors (Lipinski definition) is 4. The highest BCUT2D eigenvalue weighted by Crippen LogP contribution is 2.26. The molecule has 0 aliphatic carbocycles. The van der Waals surface area contributed by atoms with Crippen LogP contribution in [0.25, 0.3) is 6.08 Å². The Bertz CT molecular complexity index is 1190. The summed E-state index contributed by atoms with van der Waals surface area (Å²) in [6.45, 7) is 0.528. The molecule has 32 heavy (non-hydrogen) atoms. The number of rotatable bonds is 8. The molecular formula is C26H19BrN2O3. The van der Waals surface area contributed by atoms with Gasteiger partial charge in [0.15, 0.2) is 0 Å². The number of amides is 1. The van der Waals surface area contributed by atoms with E-state index < -0.39 is 5.91 Å². The Kier molecular flexibility index (Phi) is 8.09. The summed E-state index contributed by atoms with van der Waals surface area (Å²) in [6.07, 6.45) is 6.71. The van der Waals surface area contributed by atoms with Gasteiger partial charge in [-0.3, -0.25) is 4.79 Å². The Morgan fingerprint density at radius 1 is 1.06 bits per heavy atom. The normalized spacial score (nSPS) is 10.5. The highest BCUT2D eigenvalue weighted by molar-refractivity contribution is 9.10. The van der Waals surface area contributed by atoms with Crippen LogP contribution in [-0.2, 0) is 11.4 Å². The van der Waals surface area contributed by atoms with Crippen molar-refractivity contribution in [2.45, 2.75) is 6.61 Å². The minimum atomic E-state index is -0.534. The lowest BCUT2D eigenvalue weighted by Gasteiger charge is -2.09. The molecule has 0 atom stereocenters. The van der Waals surface area contributed by atoms with Crippen LogP contribution in [0.5, 0.6) is 11.5 Å². The second-order valence-corrected chi connectivity index (χ2v) is 7.51. The lowest BCUT2D eigenvalue weighted by Crippen LogP contribution is -2.13. The predicted octanol–water partition coefficient (Wildman–Crippen LogP) is 5.59. The van der Waals surface area contributed by atoms with Gasteiger partial charge in [-0.05, 0) is 54.1 Å². The van der Waals surface area contributed by atoms with Crippen LogP contribution in [0, 0.1) is 23.7 Å². The van der Waals surface area contributed by atoms with Crippen LogP contribution < -0.4 is 14.8 Å². The molecule has 0 aromatic heterocycles. The van der Waals surface area contributed by atoms with Crippen LogP contribution in [0.4, 0.5) is 5.69 Å². The Labute approximate surface area is 195 Å². The van der Waals surface area contributed by atoms with Crippen molar-refractivity contribution < 1.29 is 14.3 Å². The first-order valence-corrected chi connectivity index (χ1v) is 10.4. The van der Waals surface area contributed by atoms with Gasteiger partial charge in [-0.1, -0.05) is 52.2 Å². The molecule has 0 heterocycles. The molecule has 1 amide bonds. The first kappa shape index (κ1) is 22.7. The molecule has 6 heteroatoms. The van der Waals surface area contributed by atoms with Gasteiger partial charge < -0.3 is 14.8 Å². The zero-order valence-electron chi connectivity index (χ0n) is 17.0. The van der Waals surface area contributed by atoms with E-state index in [1.807, 2.05) is 36.4 Å². The number of halogens is 1. The fourth-order valence-corrected chi connectivity index (χ4v) is 3.14. The Morgan fingerprint density at radius 2 is 1.81 bits per heavy atom. The van der Waals surface area contributed by atoms with Gasteiger partial charge in [-0.2, -0.15) is 5.26 Å². The lowest BCUT2D eigenvalue weighted by molar-refractivity contribution is -0.112. The molecule has 0 unspecified atom stereocenters. The van der Waals surface area contributed by atoms with Crippen LogP contribution >= 0.6 is 15.9 Å². The number of terminal acetylenes is 1. The van der Waals surface area contributed by atoms with E-state index in [-0.39, 0.29) is 12.2 Å². The third-order valence-electron chi connectivity index (χ3n) is 4.31. The molecule has 0 saturated heterocycles. The van der Waals surface area contributed by atoms with Gasteiger partial charge in [-0.25, -0.2) is 0 Å². The minimum absolute atomic E-state index is 0.0712. The van der Waals surface area contributed by atoms with Gasteiger partial charge in [-0.15, -0.1) is 6.42 Å². The fourth-order valence-electron chi connectivity index (χ4n) is 2.76. The van der Waals surface area contributed by atoms with E-state index in [2.05, 4.69) is 27.2 Å². The number of nitriles is 1. The van der Waals surface area contributed by atoms with Crippen molar-refractivity contribution >= 4 is 33.6 Å². The average Bonchev–Trinajstić information content (AvgIpc) is 2.82. The van der Waals surface area contributed by atoms with Crippen molar-refractivity contribution in [1.82, 2.24) is 0 Å². The van der Waals surface area contributed by atoms with Crippen molar-refractivity contribution in [3.05, 3.63) is 94.0 Å². The number of anilines is 1. The van der Waals surface area contributed by atoms with Crippen LogP contribution in [0.2, 0.25) is 0 Å². The van der Waals surface area contributed by atoms with E-state index in [4.69, 9.17) is 15.9 Å². The summed E-state index contributed by atoms with van der Waals surface area (Å²) in [5, 5.41) is 12.2. The third kappa shape index (κ3) is 6.50. The fraction of sp³-hybridized carbons (Fsp3) is 0.0769. The van der Waals surface area contributed by atoms with Crippen molar-refractivity contribution in [1.29, 1.82) is 5.26 Å². The van der Waals surface area contributed by atoms with Crippen molar-refractivity contribution in [3.8, 4) is 29.9 Å². The molecule has 5 nitrogen and oxygen atoms in total. The Balaban J connectivity index is 1.68. The second-order valence-electron chi connectivity index (χ2n) is 6.60. The number of hydrogen-bond donors (Lipinski definition) is 1. The summed E-state index contributed by atoms with van der Waals surface area (Å²) in [4.78, 5) is 12.6. The van der Waals surface area contributed by atoms with Crippen LogP contribution in [0.15, 0.2) is 82.8 Å². The van der Waals surface area contributed by atoms with E-state index in [1.165, 1.54) is 6.08 Å². The number of carbonyl (C=O) groups is 1. The monoisotopic (exact) mass is 486 g/mol. The van der Waals surface area contributed by atoms with Crippen LogP contribution in [-0.4, -0.2) is 12.5 Å². The molecule has 158 valence electrons. The molecule has 3 aromatic rings. The minimum Gasteiger partial charge on any atom is -0.489 e. The zero-order valence-corrected chi connectivity index (χ0v) is 18.6. The number of ether oxygens (including phenoxy) is 2. The number of carbonyl (C=O) groups excluding carboxylic acids is 1. The summed E-state index contributed by atoms with van der Waals surface area (Å²) in [5.74, 6) is 3.01. The topological polar surface area (TPSA) is 71.3 Å². The molecule has 3 rings (SSSR count). The van der Waals surface area contributed by atoms with Gasteiger partial charge in [0.2, 0.25) is 0 Å². The van der Waals surface area contributed by atoms with E-state index in [0.29, 0.717) is 29.4 Å². The predicted molar refractivity (Wildman–Crippen MR) is 128 cm³/mol. The quantitative estimate of drug-likeness (QED) is 0.256. The molecule has 0 fully saturated rings. The first-order valence-electron chi connectivity index (χ1n) is 9.65. The second kappa shape index (κ2) is 11.4. The van der Waals surface area contributed by atoms with Crippen LogP contribution in [0.1, 0.15) is 11.1 Å². The summed E-state index contributed by atoms with van der Waals surface area (Å²) in [5.41, 5.74) is 2.09. The maximum absolute atomic E-state index is 12.6. The molecule has 0 spiro atoms. The number of nitrogens with one attached hydrogen (secondary N) is 1. The summed E-state index contributed by atoms with van der Waals surface area (Å²) < 4.78 is 12.0. The summed E-state index contributed by atoms with van der Waals surface area (Å²) in [7, 11) is 0. The first-order chi connectivity index (χ1) is 15.6. The van der Waals surface area contributed by atoms with E-state index in [1.54, 1.807) is 42.5 Å².